The van der Waals surface area contributed by atoms with Crippen molar-refractivity contribution in [3.63, 3.8) is 0 Å². The van der Waals surface area contributed by atoms with E-state index in [-0.39, 0.29) is 12.0 Å². The molecule has 7 aromatic rings. The zero-order valence-corrected chi connectivity index (χ0v) is 29.1. The molecular formula is C46H35N3OSi-. The Bertz CT molecular complexity index is 2470. The highest BCUT2D eigenvalue weighted by Gasteiger charge is 2.35. The molecule has 2 atom stereocenters. The summed E-state index contributed by atoms with van der Waals surface area (Å²) in [5, 5.41) is 7.79. The topological polar surface area (TPSA) is 39.9 Å². The van der Waals surface area contributed by atoms with Gasteiger partial charge >= 0.3 is 0 Å². The van der Waals surface area contributed by atoms with Crippen LogP contribution in [0.1, 0.15) is 30.0 Å². The monoisotopic (exact) mass is 673 g/mol. The molecule has 0 saturated heterocycles. The van der Waals surface area contributed by atoms with Crippen molar-refractivity contribution < 1.29 is 4.74 Å². The average molecular weight is 674 g/mol. The normalized spacial score (nSPS) is 17.9. The van der Waals surface area contributed by atoms with Crippen LogP contribution >= 0.6 is 0 Å². The summed E-state index contributed by atoms with van der Waals surface area (Å²) in [6.45, 7) is 0. The number of benzene rings is 5. The minimum absolute atomic E-state index is 0.0242. The zero-order valence-electron chi connectivity index (χ0n) is 28.1. The second-order valence-corrected chi connectivity index (χ2v) is 17.4. The Balaban J connectivity index is 1.14. The van der Waals surface area contributed by atoms with Crippen LogP contribution in [0.15, 0.2) is 181 Å². The van der Waals surface area contributed by atoms with Crippen LogP contribution in [-0.2, 0) is 0 Å². The molecule has 0 fully saturated rings. The second-order valence-electron chi connectivity index (χ2n) is 13.6. The van der Waals surface area contributed by atoms with Gasteiger partial charge in [-0.3, -0.25) is 4.57 Å². The first-order valence-corrected chi connectivity index (χ1v) is 19.8. The van der Waals surface area contributed by atoms with Crippen molar-refractivity contribution in [2.45, 2.75) is 24.9 Å². The molecule has 0 saturated carbocycles. The van der Waals surface area contributed by atoms with Gasteiger partial charge in [0.2, 0.25) is 5.95 Å². The molecule has 10 rings (SSSR count). The summed E-state index contributed by atoms with van der Waals surface area (Å²) >= 11 is 0. The van der Waals surface area contributed by atoms with Gasteiger partial charge in [0, 0.05) is 23.1 Å². The third kappa shape index (κ3) is 4.65. The van der Waals surface area contributed by atoms with E-state index in [9.17, 15) is 0 Å². The van der Waals surface area contributed by atoms with Crippen LogP contribution in [0.5, 0.6) is 5.75 Å². The molecule has 5 heteroatoms. The molecule has 4 nitrogen and oxygen atoms in total. The third-order valence-corrected chi connectivity index (χ3v) is 15.7. The standard InChI is InChI=1S/C46H35N3OSi/c1-4-16-33(17-5-1)51(34-18-6-2-7-19-34,35-20-8-3-9-21-35)36-22-14-15-32(31-36)40-29-30-47-46(48-40)49-41-25-12-10-24-39(41)44-42(49)28-27-38-37-23-11-13-26-43(37)50-45(38)44/h1-13,16-31,37,43H,14-15H2/q-1. The molecule has 3 aliphatic rings. The van der Waals surface area contributed by atoms with Gasteiger partial charge in [0.1, 0.15) is 11.9 Å². The van der Waals surface area contributed by atoms with Crippen LogP contribution in [-0.4, -0.2) is 28.7 Å². The van der Waals surface area contributed by atoms with Crippen LogP contribution in [0.2, 0.25) is 0 Å². The van der Waals surface area contributed by atoms with Crippen LogP contribution in [0.25, 0.3) is 33.3 Å². The minimum atomic E-state index is -2.65. The number of ether oxygens (including phenoxy) is 1. The van der Waals surface area contributed by atoms with Crippen molar-refractivity contribution >= 4 is 51.0 Å². The Hall–Kier alpha value is -6.04. The van der Waals surface area contributed by atoms with E-state index >= 15 is 0 Å². The van der Waals surface area contributed by atoms with Gasteiger partial charge in [0.25, 0.3) is 0 Å². The highest BCUT2D eigenvalue weighted by Crippen LogP contribution is 2.48. The molecule has 0 radical (unpaired) electrons. The fraction of sp³-hybridized carbons (Fsp3) is 0.0870. The van der Waals surface area contributed by atoms with Crippen molar-refractivity contribution in [1.29, 1.82) is 0 Å². The summed E-state index contributed by atoms with van der Waals surface area (Å²) in [4.78, 5) is 10.3. The Morgan fingerprint density at radius 1 is 0.667 bits per heavy atom. The van der Waals surface area contributed by atoms with Gasteiger partial charge in [0.05, 0.1) is 22.1 Å². The summed E-state index contributed by atoms with van der Waals surface area (Å²) in [5.74, 6) is 1.87. The van der Waals surface area contributed by atoms with Crippen molar-refractivity contribution in [1.82, 2.24) is 14.5 Å². The lowest BCUT2D eigenvalue weighted by atomic mass is 9.91. The van der Waals surface area contributed by atoms with E-state index in [4.69, 9.17) is 14.7 Å². The highest BCUT2D eigenvalue weighted by atomic mass is 28.3. The molecule has 5 aromatic carbocycles. The van der Waals surface area contributed by atoms with Gasteiger partial charge in [-0.15, -0.1) is 6.08 Å². The largest absolute Gasteiger partial charge is 0.484 e. The van der Waals surface area contributed by atoms with Gasteiger partial charge < -0.3 is 4.74 Å². The van der Waals surface area contributed by atoms with E-state index in [1.807, 2.05) is 6.20 Å². The number of aromatic nitrogens is 3. The summed E-state index contributed by atoms with van der Waals surface area (Å²) in [6, 6.07) is 48.5. The Kier molecular flexibility index (Phi) is 7.06. The zero-order chi connectivity index (χ0) is 33.8. The Morgan fingerprint density at radius 3 is 2.06 bits per heavy atom. The third-order valence-electron chi connectivity index (χ3n) is 10.9. The fourth-order valence-corrected chi connectivity index (χ4v) is 13.5. The molecule has 51 heavy (non-hydrogen) atoms. The predicted octanol–water partition coefficient (Wildman–Crippen LogP) is 8.36. The Morgan fingerprint density at radius 2 is 1.33 bits per heavy atom. The van der Waals surface area contributed by atoms with Gasteiger partial charge in [-0.2, -0.15) is 20.8 Å². The lowest BCUT2D eigenvalue weighted by molar-refractivity contribution is 0.271. The summed E-state index contributed by atoms with van der Waals surface area (Å²) in [5.41, 5.74) is 5.57. The second kappa shape index (κ2) is 12.1. The van der Waals surface area contributed by atoms with Gasteiger partial charge in [-0.1, -0.05) is 140 Å². The van der Waals surface area contributed by atoms with E-state index in [1.165, 1.54) is 31.9 Å². The van der Waals surface area contributed by atoms with Gasteiger partial charge in [0.15, 0.2) is 0 Å². The number of para-hydroxylation sites is 1. The molecule has 245 valence electrons. The van der Waals surface area contributed by atoms with E-state index < -0.39 is 8.07 Å². The van der Waals surface area contributed by atoms with Crippen molar-refractivity contribution in [2.24, 2.45) is 0 Å². The molecule has 2 aromatic heterocycles. The van der Waals surface area contributed by atoms with Crippen LogP contribution in [0.4, 0.5) is 0 Å². The predicted molar refractivity (Wildman–Crippen MR) is 211 cm³/mol. The number of nitrogens with zero attached hydrogens (tertiary/aromatic N) is 3. The van der Waals surface area contributed by atoms with Gasteiger partial charge in [-0.25, -0.2) is 9.97 Å². The van der Waals surface area contributed by atoms with Crippen LogP contribution < -0.4 is 20.3 Å². The molecule has 1 aliphatic heterocycles. The number of rotatable bonds is 6. The first kappa shape index (κ1) is 29.8. The smallest absolute Gasteiger partial charge is 0.235 e. The van der Waals surface area contributed by atoms with E-state index in [0.717, 1.165) is 46.1 Å². The van der Waals surface area contributed by atoms with Crippen molar-refractivity contribution in [2.75, 3.05) is 0 Å². The Labute approximate surface area is 298 Å². The van der Waals surface area contributed by atoms with Crippen LogP contribution in [0, 0.1) is 0 Å². The number of hydrogen-bond donors (Lipinski definition) is 0. The first-order chi connectivity index (χ1) is 25.3. The maximum atomic E-state index is 6.65. The number of allylic oxidation sites excluding steroid dienone is 6. The van der Waals surface area contributed by atoms with E-state index in [1.54, 1.807) is 0 Å². The van der Waals surface area contributed by atoms with Crippen molar-refractivity contribution in [3.05, 3.63) is 193 Å². The molecule has 0 bridgehead atoms. The molecule has 0 spiro atoms. The molecule has 0 N–H and O–H groups in total. The number of hydrogen-bond acceptors (Lipinski definition) is 3. The lowest BCUT2D eigenvalue weighted by Gasteiger charge is -2.49. The molecule has 2 aliphatic carbocycles. The maximum absolute atomic E-state index is 6.65. The SMILES string of the molecule is C1=CC2Oc3c(ccc4c3c3ccccc3n4-c3nccc(C4=CC([Si-](c5ccccc5)(c5ccccc5)c5ccccc5)=CCC4)n3)C2C=C1. The quantitative estimate of drug-likeness (QED) is 0.132. The summed E-state index contributed by atoms with van der Waals surface area (Å²) in [7, 11) is -2.65. The van der Waals surface area contributed by atoms with Gasteiger partial charge in [-0.05, 0) is 50.8 Å². The number of fused-ring (bicyclic) bond motifs is 7. The average Bonchev–Trinajstić information content (AvgIpc) is 3.76. The van der Waals surface area contributed by atoms with E-state index in [2.05, 4.69) is 174 Å². The summed E-state index contributed by atoms with van der Waals surface area (Å²) < 4.78 is 8.86. The summed E-state index contributed by atoms with van der Waals surface area (Å²) in [6.07, 6.45) is 17.4. The van der Waals surface area contributed by atoms with Crippen molar-refractivity contribution in [3.8, 4) is 11.7 Å². The minimum Gasteiger partial charge on any atom is -0.484 e. The molecule has 0 amide bonds. The fourth-order valence-electron chi connectivity index (χ4n) is 8.63. The van der Waals surface area contributed by atoms with Crippen LogP contribution in [0.3, 0.4) is 0 Å². The first-order valence-electron chi connectivity index (χ1n) is 17.8. The molecular weight excluding hydrogens is 639 g/mol. The molecule has 2 unspecified atom stereocenters. The van der Waals surface area contributed by atoms with E-state index in [0.29, 0.717) is 5.95 Å². The molecule has 3 heterocycles. The lowest BCUT2D eigenvalue weighted by Crippen LogP contribution is -2.68. The highest BCUT2D eigenvalue weighted by molar-refractivity contribution is 7.16. The maximum Gasteiger partial charge on any atom is 0.235 e.